The summed E-state index contributed by atoms with van der Waals surface area (Å²) in [5.41, 5.74) is 4.16. The Morgan fingerprint density at radius 2 is 2.04 bits per heavy atom. The summed E-state index contributed by atoms with van der Waals surface area (Å²) in [5.74, 6) is 0.941. The van der Waals surface area contributed by atoms with E-state index in [4.69, 9.17) is 6.35 Å². The average molecular weight is 330 g/mol. The van der Waals surface area contributed by atoms with Crippen LogP contribution in [-0.2, 0) is 7.05 Å². The third kappa shape index (κ3) is 1.77. The Balaban J connectivity index is 1.92. The molecule has 0 aliphatic rings. The maximum atomic E-state index is 7.92. The van der Waals surface area contributed by atoms with Crippen LogP contribution in [0.15, 0.2) is 54.9 Å². The van der Waals surface area contributed by atoms with E-state index < -0.39 is 0 Å². The van der Waals surface area contributed by atoms with E-state index in [1.807, 2.05) is 19.3 Å². The fourth-order valence-corrected chi connectivity index (χ4v) is 4.61. The van der Waals surface area contributed by atoms with Gasteiger partial charge in [-0.2, -0.15) is 0 Å². The van der Waals surface area contributed by atoms with Crippen molar-refractivity contribution in [3.8, 4) is 11.4 Å². The highest BCUT2D eigenvalue weighted by Crippen LogP contribution is 2.41. The predicted molar refractivity (Wildman–Crippen MR) is 102 cm³/mol. The highest BCUT2D eigenvalue weighted by atomic mass is 32.1. The number of imidazole rings is 1. The standard InChI is InChI=1S/C20H15N3S/c1-12-7-8-14(19-18(12)13-5-3-4-6-17(13)24-19)20-22-15-9-10-21-11-16(15)23(20)2/h3-11H,1-2H3/i1D. The van der Waals surface area contributed by atoms with E-state index in [9.17, 15) is 0 Å². The number of aryl methyl sites for hydroxylation is 2. The van der Waals surface area contributed by atoms with Crippen molar-refractivity contribution in [3.05, 3.63) is 60.4 Å². The van der Waals surface area contributed by atoms with Gasteiger partial charge < -0.3 is 4.57 Å². The molecule has 0 spiro atoms. The van der Waals surface area contributed by atoms with Crippen LogP contribution < -0.4 is 0 Å². The number of fused-ring (bicyclic) bond motifs is 4. The molecule has 0 unspecified atom stereocenters. The van der Waals surface area contributed by atoms with E-state index in [1.165, 1.54) is 20.2 Å². The molecule has 0 saturated carbocycles. The summed E-state index contributed by atoms with van der Waals surface area (Å²) < 4.78 is 12.5. The number of hydrogen-bond acceptors (Lipinski definition) is 3. The van der Waals surface area contributed by atoms with Gasteiger partial charge >= 0.3 is 0 Å². The molecule has 0 saturated heterocycles. The largest absolute Gasteiger partial charge is 0.326 e. The summed E-state index contributed by atoms with van der Waals surface area (Å²) in [7, 11) is 2.03. The molecular weight excluding hydrogens is 314 g/mol. The molecule has 0 N–H and O–H groups in total. The van der Waals surface area contributed by atoms with E-state index in [0.29, 0.717) is 0 Å². The monoisotopic (exact) mass is 330 g/mol. The van der Waals surface area contributed by atoms with Crippen LogP contribution in [0.2, 0.25) is 0 Å². The van der Waals surface area contributed by atoms with Gasteiger partial charge in [-0.05, 0) is 30.7 Å². The van der Waals surface area contributed by atoms with Gasteiger partial charge in [-0.25, -0.2) is 4.98 Å². The molecule has 24 heavy (non-hydrogen) atoms. The normalized spacial score (nSPS) is 12.3. The van der Waals surface area contributed by atoms with Crippen LogP contribution in [-0.4, -0.2) is 14.5 Å². The number of thiophene rings is 1. The summed E-state index contributed by atoms with van der Waals surface area (Å²) in [6.07, 6.45) is 3.63. The molecule has 3 nitrogen and oxygen atoms in total. The number of hydrogen-bond donors (Lipinski definition) is 0. The molecule has 4 heteroatoms. The molecule has 2 aromatic carbocycles. The van der Waals surface area contributed by atoms with Gasteiger partial charge in [0.25, 0.3) is 0 Å². The molecule has 0 amide bonds. The zero-order valence-electron chi connectivity index (χ0n) is 14.2. The maximum absolute atomic E-state index is 7.92. The Hall–Kier alpha value is -2.72. The minimum Gasteiger partial charge on any atom is -0.326 e. The molecule has 0 atom stereocenters. The van der Waals surface area contributed by atoms with E-state index >= 15 is 0 Å². The van der Waals surface area contributed by atoms with Crippen molar-refractivity contribution in [2.24, 2.45) is 7.05 Å². The summed E-state index contributed by atoms with van der Waals surface area (Å²) in [5, 5.41) is 2.42. The van der Waals surface area contributed by atoms with Crippen molar-refractivity contribution < 1.29 is 1.37 Å². The zero-order valence-corrected chi connectivity index (χ0v) is 14.0. The Labute approximate surface area is 144 Å². The molecule has 5 rings (SSSR count). The fraction of sp³-hybridized carbons (Fsp3) is 0.100. The third-order valence-electron chi connectivity index (χ3n) is 4.54. The maximum Gasteiger partial charge on any atom is 0.142 e. The molecular formula is C20H15N3S. The first kappa shape index (κ1) is 12.7. The van der Waals surface area contributed by atoms with Gasteiger partial charge in [-0.1, -0.05) is 24.3 Å². The van der Waals surface area contributed by atoms with Crippen molar-refractivity contribution >= 4 is 42.5 Å². The zero-order chi connectivity index (χ0) is 17.0. The average Bonchev–Trinajstić information content (AvgIpc) is 3.20. The smallest absolute Gasteiger partial charge is 0.142 e. The van der Waals surface area contributed by atoms with Crippen LogP contribution in [0.4, 0.5) is 0 Å². The Kier molecular flexibility index (Phi) is 2.58. The third-order valence-corrected chi connectivity index (χ3v) is 5.74. The van der Waals surface area contributed by atoms with Crippen LogP contribution in [0.5, 0.6) is 0 Å². The molecule has 0 aliphatic carbocycles. The van der Waals surface area contributed by atoms with Crippen molar-refractivity contribution in [2.45, 2.75) is 6.90 Å². The number of pyridine rings is 1. The van der Waals surface area contributed by atoms with Gasteiger partial charge in [0.05, 0.1) is 17.2 Å². The quantitative estimate of drug-likeness (QED) is 0.417. The van der Waals surface area contributed by atoms with E-state index in [0.717, 1.165) is 28.0 Å². The number of nitrogens with zero attached hydrogens (tertiary/aromatic N) is 3. The molecule has 0 aliphatic heterocycles. The number of aromatic nitrogens is 3. The van der Waals surface area contributed by atoms with Crippen LogP contribution in [0.25, 0.3) is 42.6 Å². The first-order valence-electron chi connectivity index (χ1n) is 8.48. The van der Waals surface area contributed by atoms with E-state index in [-0.39, 0.29) is 6.90 Å². The molecule has 3 heterocycles. The summed E-state index contributed by atoms with van der Waals surface area (Å²) in [6.45, 7) is 0.282. The second-order valence-electron chi connectivity index (χ2n) is 5.93. The van der Waals surface area contributed by atoms with Crippen molar-refractivity contribution in [2.75, 3.05) is 0 Å². The minimum absolute atomic E-state index is 0.282. The van der Waals surface area contributed by atoms with E-state index in [2.05, 4.69) is 45.9 Å². The van der Waals surface area contributed by atoms with Gasteiger partial charge in [-0.15, -0.1) is 11.3 Å². The molecule has 0 bridgehead atoms. The first-order chi connectivity index (χ1) is 12.3. The lowest BCUT2D eigenvalue weighted by molar-refractivity contribution is 0.958. The predicted octanol–water partition coefficient (Wildman–Crippen LogP) is 5.31. The Morgan fingerprint density at radius 1 is 1.12 bits per heavy atom. The number of benzene rings is 2. The Morgan fingerprint density at radius 3 is 2.92 bits per heavy atom. The SMILES string of the molecule is [2H]Cc1ccc(-c2nc3ccncc3n2C)c2sc3ccccc3c12. The van der Waals surface area contributed by atoms with E-state index in [1.54, 1.807) is 17.5 Å². The van der Waals surface area contributed by atoms with Gasteiger partial charge in [0, 0.05) is 40.4 Å². The van der Waals surface area contributed by atoms with Crippen molar-refractivity contribution in [1.29, 1.82) is 0 Å². The topological polar surface area (TPSA) is 30.7 Å². The van der Waals surface area contributed by atoms with Crippen LogP contribution >= 0.6 is 11.3 Å². The number of rotatable bonds is 1. The molecule has 0 radical (unpaired) electrons. The summed E-state index contributed by atoms with van der Waals surface area (Å²) in [4.78, 5) is 9.06. The first-order valence-corrected chi connectivity index (χ1v) is 8.59. The molecule has 3 aromatic heterocycles. The lowest BCUT2D eigenvalue weighted by atomic mass is 10.0. The van der Waals surface area contributed by atoms with Gasteiger partial charge in [-0.3, -0.25) is 4.98 Å². The van der Waals surface area contributed by atoms with Crippen molar-refractivity contribution in [3.63, 3.8) is 0 Å². The van der Waals surface area contributed by atoms with Crippen LogP contribution in [0, 0.1) is 6.90 Å². The van der Waals surface area contributed by atoms with Gasteiger partial charge in [0.2, 0.25) is 0 Å². The minimum atomic E-state index is 0.282. The molecule has 5 aromatic rings. The second-order valence-corrected chi connectivity index (χ2v) is 6.99. The van der Waals surface area contributed by atoms with Gasteiger partial charge in [0.1, 0.15) is 5.82 Å². The van der Waals surface area contributed by atoms with Crippen LogP contribution in [0.3, 0.4) is 0 Å². The lowest BCUT2D eigenvalue weighted by Gasteiger charge is -2.06. The Bertz CT molecular complexity index is 1250. The second kappa shape index (κ2) is 4.89. The van der Waals surface area contributed by atoms with Gasteiger partial charge in [0.15, 0.2) is 0 Å². The lowest BCUT2D eigenvalue weighted by Crippen LogP contribution is -1.93. The highest BCUT2D eigenvalue weighted by Gasteiger charge is 2.16. The fourth-order valence-electron chi connectivity index (χ4n) is 3.35. The summed E-state index contributed by atoms with van der Waals surface area (Å²) >= 11 is 1.78. The highest BCUT2D eigenvalue weighted by molar-refractivity contribution is 7.26. The van der Waals surface area contributed by atoms with Crippen molar-refractivity contribution in [1.82, 2.24) is 14.5 Å². The molecule has 116 valence electrons. The summed E-state index contributed by atoms with van der Waals surface area (Å²) in [6, 6.07) is 14.6. The van der Waals surface area contributed by atoms with Crippen LogP contribution in [0.1, 0.15) is 6.93 Å². The molecule has 0 fully saturated rings.